The number of hydrogen-bond donors (Lipinski definition) is 3. The lowest BCUT2D eigenvalue weighted by atomic mass is 9.96. The first-order valence-corrected chi connectivity index (χ1v) is 13.6. The number of aliphatic hydroxyl groups excluding tert-OH is 1. The van der Waals surface area contributed by atoms with Crippen LogP contribution in [0.4, 0.5) is 0 Å². The third-order valence-electron chi connectivity index (χ3n) is 5.40. The fraction of sp³-hybridized carbons (Fsp3) is 0.522. The molecule has 3 N–H and O–H groups in total. The largest absolute Gasteiger partial charge is 0.481 e. The molecular formula is C23H33ClN2O5S2. The SMILES string of the molecule is CN(CC(O)CNC(C)(C)CCCc1ccsc1)S(=O)(=O)c1cc(Cl)cc(CCC(=O)O)c1. The number of hydrogen-bond acceptors (Lipinski definition) is 6. The average Bonchev–Trinajstić information content (AvgIpc) is 3.24. The Bertz CT molecular complexity index is 1010. The Morgan fingerprint density at radius 2 is 1.97 bits per heavy atom. The predicted molar refractivity (Wildman–Crippen MR) is 133 cm³/mol. The van der Waals surface area contributed by atoms with E-state index in [0.29, 0.717) is 5.56 Å². The van der Waals surface area contributed by atoms with Crippen molar-refractivity contribution in [3.8, 4) is 0 Å². The monoisotopic (exact) mass is 516 g/mol. The summed E-state index contributed by atoms with van der Waals surface area (Å²) in [5.74, 6) is -0.971. The van der Waals surface area contributed by atoms with Crippen molar-refractivity contribution < 1.29 is 23.4 Å². The molecule has 0 aliphatic rings. The lowest BCUT2D eigenvalue weighted by molar-refractivity contribution is -0.136. The number of thiophene rings is 1. The number of aryl methyl sites for hydroxylation is 2. The molecular weight excluding hydrogens is 484 g/mol. The first-order chi connectivity index (χ1) is 15.4. The second kappa shape index (κ2) is 12.3. The molecule has 0 radical (unpaired) electrons. The van der Waals surface area contributed by atoms with E-state index in [0.717, 1.165) is 23.6 Å². The van der Waals surface area contributed by atoms with Gasteiger partial charge in [0.2, 0.25) is 10.0 Å². The molecule has 2 aromatic rings. The number of carboxylic acid groups (broad SMARTS) is 1. The highest BCUT2D eigenvalue weighted by Gasteiger charge is 2.25. The maximum Gasteiger partial charge on any atom is 0.303 e. The summed E-state index contributed by atoms with van der Waals surface area (Å²) in [6, 6.07) is 6.45. The molecule has 1 unspecified atom stereocenters. The van der Waals surface area contributed by atoms with Gasteiger partial charge in [-0.2, -0.15) is 15.6 Å². The van der Waals surface area contributed by atoms with Gasteiger partial charge in [-0.25, -0.2) is 8.42 Å². The zero-order valence-electron chi connectivity index (χ0n) is 19.3. The molecule has 0 spiro atoms. The fourth-order valence-corrected chi connectivity index (χ4v) is 5.79. The first-order valence-electron chi connectivity index (χ1n) is 10.8. The Hall–Kier alpha value is -1.49. The van der Waals surface area contributed by atoms with Crippen molar-refractivity contribution in [3.63, 3.8) is 0 Å². The molecule has 0 bridgehead atoms. The van der Waals surface area contributed by atoms with Crippen molar-refractivity contribution in [2.45, 2.75) is 62.5 Å². The second-order valence-electron chi connectivity index (χ2n) is 8.88. The van der Waals surface area contributed by atoms with Gasteiger partial charge in [0.05, 0.1) is 11.0 Å². The number of halogens is 1. The Morgan fingerprint density at radius 3 is 2.61 bits per heavy atom. The molecule has 2 rings (SSSR count). The summed E-state index contributed by atoms with van der Waals surface area (Å²) >= 11 is 7.76. The van der Waals surface area contributed by atoms with E-state index in [2.05, 4.69) is 36.0 Å². The third-order valence-corrected chi connectivity index (χ3v) is 8.15. The summed E-state index contributed by atoms with van der Waals surface area (Å²) in [7, 11) is -2.49. The summed E-state index contributed by atoms with van der Waals surface area (Å²) in [6.07, 6.45) is 2.10. The number of sulfonamides is 1. The van der Waals surface area contributed by atoms with Gasteiger partial charge in [-0.1, -0.05) is 11.6 Å². The molecule has 1 atom stereocenters. The molecule has 1 aromatic heterocycles. The Kier molecular flexibility index (Phi) is 10.3. The number of nitrogens with one attached hydrogen (secondary N) is 1. The number of likely N-dealkylation sites (N-methyl/N-ethyl adjacent to an activating group) is 1. The quantitative estimate of drug-likeness (QED) is 0.352. The number of β-amino-alcohol motifs (C(OH)–C–C–N with tert-alkyl or cyclic N) is 1. The van der Waals surface area contributed by atoms with Gasteiger partial charge in [0, 0.05) is 37.1 Å². The number of carboxylic acids is 1. The predicted octanol–water partition coefficient (Wildman–Crippen LogP) is 3.79. The molecule has 0 aliphatic heterocycles. The molecule has 0 saturated heterocycles. The lowest BCUT2D eigenvalue weighted by Gasteiger charge is -2.29. The minimum Gasteiger partial charge on any atom is -0.481 e. The van der Waals surface area contributed by atoms with E-state index in [1.54, 1.807) is 17.4 Å². The van der Waals surface area contributed by atoms with Gasteiger partial charge >= 0.3 is 5.97 Å². The molecule has 1 aromatic carbocycles. The molecule has 0 saturated carbocycles. The van der Waals surface area contributed by atoms with Gasteiger partial charge in [0.25, 0.3) is 0 Å². The number of carbonyl (C=O) groups is 1. The summed E-state index contributed by atoms with van der Waals surface area (Å²) in [4.78, 5) is 10.8. The Labute approximate surface area is 205 Å². The number of nitrogens with zero attached hydrogens (tertiary/aromatic N) is 1. The van der Waals surface area contributed by atoms with Crippen molar-refractivity contribution in [1.29, 1.82) is 0 Å². The molecule has 0 amide bonds. The number of rotatable bonds is 14. The summed E-state index contributed by atoms with van der Waals surface area (Å²) in [5.41, 5.74) is 1.67. The van der Waals surface area contributed by atoms with Gasteiger partial charge < -0.3 is 15.5 Å². The van der Waals surface area contributed by atoms with Crippen LogP contribution in [0.1, 0.15) is 44.2 Å². The maximum absolute atomic E-state index is 13.0. The van der Waals surface area contributed by atoms with E-state index in [-0.39, 0.29) is 41.4 Å². The van der Waals surface area contributed by atoms with Crippen molar-refractivity contribution in [1.82, 2.24) is 9.62 Å². The normalized spacial score (nSPS) is 13.4. The van der Waals surface area contributed by atoms with Crippen molar-refractivity contribution in [2.24, 2.45) is 0 Å². The molecule has 0 aliphatic carbocycles. The Morgan fingerprint density at radius 1 is 1.24 bits per heavy atom. The van der Waals surface area contributed by atoms with Crippen molar-refractivity contribution in [3.05, 3.63) is 51.2 Å². The highest BCUT2D eigenvalue weighted by Crippen LogP contribution is 2.23. The minimum absolute atomic E-state index is 0.0215. The van der Waals surface area contributed by atoms with Crippen molar-refractivity contribution >= 4 is 38.9 Å². The lowest BCUT2D eigenvalue weighted by Crippen LogP contribution is -2.46. The number of aliphatic hydroxyl groups is 1. The van der Waals surface area contributed by atoms with Crippen LogP contribution in [0.3, 0.4) is 0 Å². The standard InChI is InChI=1S/C23H33ClN2O5S2/c1-23(2,9-4-5-17-8-10-32-16-17)25-14-20(27)15-26(3)33(30,31)21-12-18(6-7-22(28)29)11-19(24)13-21/h8,10-13,16,20,25,27H,4-7,9,14-15H2,1-3H3,(H,28,29). The topological polar surface area (TPSA) is 107 Å². The fourth-order valence-electron chi connectivity index (χ4n) is 3.46. The zero-order valence-corrected chi connectivity index (χ0v) is 21.6. The maximum atomic E-state index is 13.0. The number of aliphatic carboxylic acids is 1. The Balaban J connectivity index is 1.90. The summed E-state index contributed by atoms with van der Waals surface area (Å²) in [6.45, 7) is 4.30. The third kappa shape index (κ3) is 9.35. The molecule has 0 fully saturated rings. The molecule has 10 heteroatoms. The smallest absolute Gasteiger partial charge is 0.303 e. The van der Waals surface area contributed by atoms with Crippen LogP contribution in [0.15, 0.2) is 39.9 Å². The zero-order chi connectivity index (χ0) is 24.6. The molecule has 1 heterocycles. The van der Waals surface area contributed by atoms with Gasteiger partial charge in [-0.3, -0.25) is 4.79 Å². The van der Waals surface area contributed by atoms with E-state index in [9.17, 15) is 18.3 Å². The van der Waals surface area contributed by atoms with Crippen LogP contribution in [0.5, 0.6) is 0 Å². The van der Waals surface area contributed by atoms with Crippen LogP contribution in [-0.2, 0) is 27.7 Å². The second-order valence-corrected chi connectivity index (χ2v) is 12.1. The van der Waals surface area contributed by atoms with E-state index in [1.165, 1.54) is 24.7 Å². The van der Waals surface area contributed by atoms with Gasteiger partial charge in [-0.15, -0.1) is 0 Å². The van der Waals surface area contributed by atoms with Crippen LogP contribution in [0.2, 0.25) is 5.02 Å². The first kappa shape index (κ1) is 27.8. The van der Waals surface area contributed by atoms with Gasteiger partial charge in [0.1, 0.15) is 0 Å². The summed E-state index contributed by atoms with van der Waals surface area (Å²) in [5, 5.41) is 27.1. The van der Waals surface area contributed by atoms with Crippen molar-refractivity contribution in [2.75, 3.05) is 20.1 Å². The van der Waals surface area contributed by atoms with E-state index < -0.39 is 22.1 Å². The van der Waals surface area contributed by atoms with Crippen LogP contribution in [0.25, 0.3) is 0 Å². The average molecular weight is 517 g/mol. The minimum atomic E-state index is -3.90. The van der Waals surface area contributed by atoms with E-state index in [4.69, 9.17) is 16.7 Å². The molecule has 7 nitrogen and oxygen atoms in total. The van der Waals surface area contributed by atoms with Crippen LogP contribution < -0.4 is 5.32 Å². The van der Waals surface area contributed by atoms with Crippen LogP contribution in [0, 0.1) is 0 Å². The van der Waals surface area contributed by atoms with Crippen LogP contribution >= 0.6 is 22.9 Å². The molecule has 33 heavy (non-hydrogen) atoms. The van der Waals surface area contributed by atoms with Crippen LogP contribution in [-0.4, -0.2) is 60.7 Å². The highest BCUT2D eigenvalue weighted by molar-refractivity contribution is 7.89. The van der Waals surface area contributed by atoms with E-state index in [1.807, 2.05) is 0 Å². The number of benzene rings is 1. The van der Waals surface area contributed by atoms with Gasteiger partial charge in [-0.05, 0) is 85.7 Å². The summed E-state index contributed by atoms with van der Waals surface area (Å²) < 4.78 is 27.1. The highest BCUT2D eigenvalue weighted by atomic mass is 35.5. The van der Waals surface area contributed by atoms with E-state index >= 15 is 0 Å². The molecule has 184 valence electrons. The van der Waals surface area contributed by atoms with Gasteiger partial charge in [0.15, 0.2) is 0 Å².